The number of Topliss-reactive ketones (excluding diaryl/α,β-unsaturated/α-hetero) is 1. The van der Waals surface area contributed by atoms with Gasteiger partial charge in [0.15, 0.2) is 5.78 Å². The summed E-state index contributed by atoms with van der Waals surface area (Å²) < 4.78 is 14.4. The first-order valence-corrected chi connectivity index (χ1v) is 4.94. The van der Waals surface area contributed by atoms with E-state index in [-0.39, 0.29) is 12.3 Å². The van der Waals surface area contributed by atoms with E-state index < -0.39 is 5.82 Å². The lowest BCUT2D eigenvalue weighted by Crippen LogP contribution is -2.11. The Labute approximate surface area is 92.5 Å². The van der Waals surface area contributed by atoms with Gasteiger partial charge in [-0.05, 0) is 25.1 Å². The Bertz CT molecular complexity index is 519. The highest BCUT2D eigenvalue weighted by molar-refractivity contribution is 5.95. The minimum absolute atomic E-state index is 0.136. The smallest absolute Gasteiger partial charge is 0.184 e. The molecule has 82 valence electrons. The van der Waals surface area contributed by atoms with Crippen molar-refractivity contribution < 1.29 is 9.18 Å². The Kier molecular flexibility index (Phi) is 2.81. The summed E-state index contributed by atoms with van der Waals surface area (Å²) in [5, 5.41) is 4.10. The number of rotatable bonds is 3. The van der Waals surface area contributed by atoms with Crippen molar-refractivity contribution in [2.75, 3.05) is 0 Å². The number of nitrogens with zero attached hydrogens (tertiary/aromatic N) is 2. The monoisotopic (exact) mass is 218 g/mol. The third-order valence-electron chi connectivity index (χ3n) is 2.23. The Morgan fingerprint density at radius 3 is 2.88 bits per heavy atom. The second kappa shape index (κ2) is 4.26. The van der Waals surface area contributed by atoms with E-state index >= 15 is 0 Å². The summed E-state index contributed by atoms with van der Waals surface area (Å²) in [4.78, 5) is 11.7. The summed E-state index contributed by atoms with van der Waals surface area (Å²) in [6.07, 6.45) is 1.73. The van der Waals surface area contributed by atoms with Gasteiger partial charge in [0.25, 0.3) is 0 Å². The van der Waals surface area contributed by atoms with Crippen LogP contribution in [0.4, 0.5) is 4.39 Å². The summed E-state index contributed by atoms with van der Waals surface area (Å²) in [5.74, 6) is -0.551. The molecule has 2 rings (SSSR count). The molecule has 0 bridgehead atoms. The third-order valence-corrected chi connectivity index (χ3v) is 2.23. The second-order valence-corrected chi connectivity index (χ2v) is 3.59. The molecule has 0 aliphatic carbocycles. The van der Waals surface area contributed by atoms with Crippen LogP contribution < -0.4 is 0 Å². The fourth-order valence-electron chi connectivity index (χ4n) is 1.45. The Morgan fingerprint density at radius 1 is 1.44 bits per heavy atom. The molecule has 1 aromatic carbocycles. The maximum atomic E-state index is 12.9. The number of ketones is 1. The van der Waals surface area contributed by atoms with Gasteiger partial charge in [-0.15, -0.1) is 0 Å². The van der Waals surface area contributed by atoms with Crippen molar-refractivity contribution in [3.05, 3.63) is 53.6 Å². The van der Waals surface area contributed by atoms with Gasteiger partial charge < -0.3 is 0 Å². The van der Waals surface area contributed by atoms with E-state index in [0.29, 0.717) is 5.56 Å². The lowest BCUT2D eigenvalue weighted by Gasteiger charge is -2.01. The average Bonchev–Trinajstić information content (AvgIpc) is 2.64. The van der Waals surface area contributed by atoms with E-state index in [9.17, 15) is 9.18 Å². The van der Waals surface area contributed by atoms with Crippen molar-refractivity contribution >= 4 is 5.78 Å². The number of hydrogen-bond donors (Lipinski definition) is 0. The van der Waals surface area contributed by atoms with Crippen LogP contribution in [0.3, 0.4) is 0 Å². The maximum Gasteiger partial charge on any atom is 0.184 e. The van der Waals surface area contributed by atoms with Crippen molar-refractivity contribution in [2.45, 2.75) is 13.5 Å². The predicted octanol–water partition coefficient (Wildman–Crippen LogP) is 2.21. The normalized spacial score (nSPS) is 10.4. The minimum Gasteiger partial charge on any atom is -0.292 e. The first kappa shape index (κ1) is 10.5. The molecular formula is C12H11FN2O. The van der Waals surface area contributed by atoms with E-state index in [0.717, 1.165) is 5.69 Å². The first-order chi connectivity index (χ1) is 7.65. The summed E-state index contributed by atoms with van der Waals surface area (Å²) in [6, 6.07) is 7.49. The molecule has 2 aromatic rings. The largest absolute Gasteiger partial charge is 0.292 e. The zero-order valence-electron chi connectivity index (χ0n) is 8.85. The average molecular weight is 218 g/mol. The number of benzene rings is 1. The molecular weight excluding hydrogens is 207 g/mol. The summed E-state index contributed by atoms with van der Waals surface area (Å²) in [7, 11) is 0. The Hall–Kier alpha value is -1.97. The van der Waals surface area contributed by atoms with Gasteiger partial charge in [0, 0.05) is 11.8 Å². The quantitative estimate of drug-likeness (QED) is 0.740. The van der Waals surface area contributed by atoms with Crippen LogP contribution in [0.25, 0.3) is 0 Å². The molecule has 0 aliphatic heterocycles. The van der Waals surface area contributed by atoms with Crippen LogP contribution in [-0.4, -0.2) is 15.6 Å². The molecule has 1 heterocycles. The van der Waals surface area contributed by atoms with Gasteiger partial charge in [-0.25, -0.2) is 4.39 Å². The van der Waals surface area contributed by atoms with Gasteiger partial charge in [0.05, 0.1) is 5.69 Å². The molecule has 3 nitrogen and oxygen atoms in total. The number of aryl methyl sites for hydroxylation is 1. The fraction of sp³-hybridized carbons (Fsp3) is 0.167. The van der Waals surface area contributed by atoms with Crippen molar-refractivity contribution in [2.24, 2.45) is 0 Å². The van der Waals surface area contributed by atoms with E-state index in [1.807, 2.05) is 13.0 Å². The molecule has 0 unspecified atom stereocenters. The molecule has 0 amide bonds. The SMILES string of the molecule is Cc1ccn(CC(=O)c2cccc(F)c2)n1. The van der Waals surface area contributed by atoms with Gasteiger partial charge >= 0.3 is 0 Å². The van der Waals surface area contributed by atoms with Crippen LogP contribution in [0.5, 0.6) is 0 Å². The van der Waals surface area contributed by atoms with Gasteiger partial charge in [-0.1, -0.05) is 12.1 Å². The first-order valence-electron chi connectivity index (χ1n) is 4.94. The number of carbonyl (C=O) groups excluding carboxylic acids is 1. The molecule has 16 heavy (non-hydrogen) atoms. The molecule has 0 saturated carbocycles. The molecule has 0 saturated heterocycles. The van der Waals surface area contributed by atoms with Crippen molar-refractivity contribution in [1.82, 2.24) is 9.78 Å². The Morgan fingerprint density at radius 2 is 2.25 bits per heavy atom. The highest BCUT2D eigenvalue weighted by Gasteiger charge is 2.07. The van der Waals surface area contributed by atoms with Gasteiger partial charge in [0.1, 0.15) is 12.4 Å². The van der Waals surface area contributed by atoms with E-state index in [4.69, 9.17) is 0 Å². The van der Waals surface area contributed by atoms with Gasteiger partial charge in [-0.3, -0.25) is 9.48 Å². The molecule has 0 radical (unpaired) electrons. The van der Waals surface area contributed by atoms with E-state index in [1.54, 1.807) is 16.9 Å². The fourth-order valence-corrected chi connectivity index (χ4v) is 1.45. The van der Waals surface area contributed by atoms with Crippen LogP contribution >= 0.6 is 0 Å². The lowest BCUT2D eigenvalue weighted by molar-refractivity contribution is 0.0967. The molecule has 4 heteroatoms. The van der Waals surface area contributed by atoms with E-state index in [1.165, 1.54) is 18.2 Å². The number of hydrogen-bond acceptors (Lipinski definition) is 2. The molecule has 1 aromatic heterocycles. The second-order valence-electron chi connectivity index (χ2n) is 3.59. The third kappa shape index (κ3) is 2.34. The highest BCUT2D eigenvalue weighted by Crippen LogP contribution is 2.06. The molecule has 0 N–H and O–H groups in total. The zero-order valence-corrected chi connectivity index (χ0v) is 8.85. The van der Waals surface area contributed by atoms with Crippen LogP contribution in [0, 0.1) is 12.7 Å². The van der Waals surface area contributed by atoms with Crippen LogP contribution in [0.1, 0.15) is 16.1 Å². The summed E-state index contributed by atoms with van der Waals surface area (Å²) in [5.41, 5.74) is 1.22. The van der Waals surface area contributed by atoms with Gasteiger partial charge in [-0.2, -0.15) is 5.10 Å². The minimum atomic E-state index is -0.400. The van der Waals surface area contributed by atoms with Crippen LogP contribution in [0.2, 0.25) is 0 Å². The molecule has 0 spiro atoms. The Balaban J connectivity index is 2.14. The number of carbonyl (C=O) groups is 1. The molecule has 0 atom stereocenters. The zero-order chi connectivity index (χ0) is 11.5. The summed E-state index contributed by atoms with van der Waals surface area (Å²) >= 11 is 0. The van der Waals surface area contributed by atoms with E-state index in [2.05, 4.69) is 5.10 Å². The number of aromatic nitrogens is 2. The molecule has 0 fully saturated rings. The van der Waals surface area contributed by atoms with Gasteiger partial charge in [0.2, 0.25) is 0 Å². The van der Waals surface area contributed by atoms with Crippen LogP contribution in [-0.2, 0) is 6.54 Å². The van der Waals surface area contributed by atoms with Crippen molar-refractivity contribution in [3.8, 4) is 0 Å². The molecule has 0 aliphatic rings. The standard InChI is InChI=1S/C12H11FN2O/c1-9-5-6-15(14-9)8-12(16)10-3-2-4-11(13)7-10/h2-7H,8H2,1H3. The highest BCUT2D eigenvalue weighted by atomic mass is 19.1. The predicted molar refractivity (Wildman–Crippen MR) is 57.7 cm³/mol. The van der Waals surface area contributed by atoms with Crippen molar-refractivity contribution in [1.29, 1.82) is 0 Å². The maximum absolute atomic E-state index is 12.9. The van der Waals surface area contributed by atoms with Crippen molar-refractivity contribution in [3.63, 3.8) is 0 Å². The summed E-state index contributed by atoms with van der Waals surface area (Å²) in [6.45, 7) is 1.99. The topological polar surface area (TPSA) is 34.9 Å². The lowest BCUT2D eigenvalue weighted by atomic mass is 10.1. The number of halogens is 1. The van der Waals surface area contributed by atoms with Crippen LogP contribution in [0.15, 0.2) is 36.5 Å².